The molecule has 1 aromatic heterocycles. The van der Waals surface area contributed by atoms with Crippen molar-refractivity contribution in [2.75, 3.05) is 78.8 Å². The normalized spacial score (nSPS) is 13.1. The van der Waals surface area contributed by atoms with Crippen molar-refractivity contribution in [3.63, 3.8) is 0 Å². The molecule has 0 spiro atoms. The van der Waals surface area contributed by atoms with E-state index in [-0.39, 0.29) is 11.3 Å². The minimum Gasteiger partial charge on any atom is -0.496 e. The average Bonchev–Trinajstić information content (AvgIpc) is 3.19. The van der Waals surface area contributed by atoms with Crippen LogP contribution in [0.3, 0.4) is 0 Å². The van der Waals surface area contributed by atoms with Crippen molar-refractivity contribution in [3.8, 4) is 23.0 Å². The SMILES string of the molecule is COc1cc(Nc2cc(Oc3ccc(NC(=O)Nc4cc(C(C)(C)C)cc(NSC)c4OC)c4ccccc34)ccn2)ccc1C(=O)NCCN1CCSCC1. The van der Waals surface area contributed by atoms with E-state index in [2.05, 4.69) is 56.6 Å². The van der Waals surface area contributed by atoms with Crippen LogP contribution >= 0.6 is 23.7 Å². The Balaban J connectivity index is 1.14. The van der Waals surface area contributed by atoms with Crippen LogP contribution in [0.4, 0.5) is 33.4 Å². The fourth-order valence-electron chi connectivity index (χ4n) is 6.33. The lowest BCUT2D eigenvalue weighted by atomic mass is 9.86. The number of nitrogens with zero attached hydrogens (tertiary/aromatic N) is 2. The molecule has 0 unspecified atom stereocenters. The summed E-state index contributed by atoms with van der Waals surface area (Å²) in [5, 5.41) is 14.0. The van der Waals surface area contributed by atoms with E-state index in [1.54, 1.807) is 44.7 Å². The van der Waals surface area contributed by atoms with Crippen LogP contribution < -0.4 is 40.2 Å². The van der Waals surface area contributed by atoms with Crippen molar-refractivity contribution < 1.29 is 23.8 Å². The smallest absolute Gasteiger partial charge is 0.323 e. The molecule has 1 saturated heterocycles. The zero-order valence-electron chi connectivity index (χ0n) is 32.6. The summed E-state index contributed by atoms with van der Waals surface area (Å²) < 4.78 is 21.0. The van der Waals surface area contributed by atoms with Gasteiger partial charge in [0.05, 0.1) is 36.8 Å². The van der Waals surface area contributed by atoms with Crippen LogP contribution in [0.2, 0.25) is 0 Å². The van der Waals surface area contributed by atoms with Gasteiger partial charge in [-0.05, 0) is 53.4 Å². The summed E-state index contributed by atoms with van der Waals surface area (Å²) in [6.45, 7) is 9.87. The molecule has 2 heterocycles. The average molecular weight is 796 g/mol. The first-order valence-corrected chi connectivity index (χ1v) is 20.7. The molecule has 5 N–H and O–H groups in total. The number of aromatic nitrogens is 1. The van der Waals surface area contributed by atoms with E-state index in [0.29, 0.717) is 58.0 Å². The minimum absolute atomic E-state index is 0.157. The third kappa shape index (κ3) is 10.1. The highest BCUT2D eigenvalue weighted by Gasteiger charge is 2.22. The molecule has 14 heteroatoms. The van der Waals surface area contributed by atoms with Crippen LogP contribution in [0.15, 0.2) is 85.1 Å². The van der Waals surface area contributed by atoms with E-state index < -0.39 is 6.03 Å². The van der Waals surface area contributed by atoms with Crippen LogP contribution in [0.1, 0.15) is 36.7 Å². The van der Waals surface area contributed by atoms with Gasteiger partial charge in [0.2, 0.25) is 0 Å². The maximum absolute atomic E-state index is 13.5. The predicted molar refractivity (Wildman–Crippen MR) is 232 cm³/mol. The lowest BCUT2D eigenvalue weighted by Crippen LogP contribution is -2.39. The molecule has 0 bridgehead atoms. The molecule has 1 aliphatic heterocycles. The third-order valence-electron chi connectivity index (χ3n) is 9.25. The summed E-state index contributed by atoms with van der Waals surface area (Å²) in [4.78, 5) is 33.3. The Labute approximate surface area is 337 Å². The Morgan fingerprint density at radius 1 is 0.857 bits per heavy atom. The molecule has 294 valence electrons. The first-order valence-electron chi connectivity index (χ1n) is 18.3. The van der Waals surface area contributed by atoms with Gasteiger partial charge >= 0.3 is 6.03 Å². The highest BCUT2D eigenvalue weighted by Crippen LogP contribution is 2.40. The minimum atomic E-state index is -0.411. The Kier molecular flexibility index (Phi) is 13.4. The molecular weight excluding hydrogens is 747 g/mol. The lowest BCUT2D eigenvalue weighted by Gasteiger charge is -2.26. The Hall–Kier alpha value is -5.31. The van der Waals surface area contributed by atoms with E-state index in [4.69, 9.17) is 14.2 Å². The highest BCUT2D eigenvalue weighted by atomic mass is 32.2. The van der Waals surface area contributed by atoms with Crippen molar-refractivity contribution >= 4 is 75.0 Å². The molecule has 5 aromatic rings. The van der Waals surface area contributed by atoms with Gasteiger partial charge in [-0.15, -0.1) is 0 Å². The number of amides is 3. The van der Waals surface area contributed by atoms with E-state index in [9.17, 15) is 9.59 Å². The van der Waals surface area contributed by atoms with Crippen molar-refractivity contribution in [2.24, 2.45) is 0 Å². The Bertz CT molecular complexity index is 2170. The number of fused-ring (bicyclic) bond motifs is 1. The van der Waals surface area contributed by atoms with Crippen molar-refractivity contribution in [1.82, 2.24) is 15.2 Å². The van der Waals surface area contributed by atoms with Gasteiger partial charge in [0.1, 0.15) is 23.1 Å². The van der Waals surface area contributed by atoms with Gasteiger partial charge < -0.3 is 40.2 Å². The summed E-state index contributed by atoms with van der Waals surface area (Å²) in [7, 11) is 3.14. The first kappa shape index (κ1) is 40.4. The maximum Gasteiger partial charge on any atom is 0.323 e. The number of hydrogen-bond donors (Lipinski definition) is 5. The highest BCUT2D eigenvalue weighted by molar-refractivity contribution is 7.99. The number of ether oxygens (including phenoxy) is 3. The zero-order valence-corrected chi connectivity index (χ0v) is 34.2. The fourth-order valence-corrected chi connectivity index (χ4v) is 7.68. The fraction of sp³-hybridized carbons (Fsp3) is 0.310. The molecule has 0 saturated carbocycles. The zero-order chi connectivity index (χ0) is 39.7. The number of carbonyl (C=O) groups is 2. The number of thioether (sulfide) groups is 1. The standard InChI is InChI=1S/C42H49N7O5S2/c1-42(2,3)27-23-34(39(53-5)35(24-27)48-55-6)47-41(51)46-33-13-14-36(31-10-8-7-9-30(31)33)54-29-15-16-43-38(26-29)45-28-11-12-32(37(25-28)52-4)40(50)44-17-18-49-19-21-56-22-20-49/h7-16,23-26,48H,17-22H2,1-6H3,(H,43,45)(H,44,50)(H2,46,47,51). The number of anilines is 5. The number of carbonyl (C=O) groups excluding carboxylic acids is 2. The molecule has 0 aliphatic carbocycles. The van der Waals surface area contributed by atoms with Crippen LogP contribution in [-0.4, -0.2) is 80.0 Å². The van der Waals surface area contributed by atoms with Crippen molar-refractivity contribution in [2.45, 2.75) is 26.2 Å². The van der Waals surface area contributed by atoms with Crippen LogP contribution in [0.25, 0.3) is 10.8 Å². The van der Waals surface area contributed by atoms with Gasteiger partial charge in [-0.1, -0.05) is 57.0 Å². The quantitative estimate of drug-likeness (QED) is 0.0688. The number of urea groups is 1. The molecule has 12 nitrogen and oxygen atoms in total. The Morgan fingerprint density at radius 3 is 2.34 bits per heavy atom. The summed E-state index contributed by atoms with van der Waals surface area (Å²) in [5.74, 6) is 4.79. The van der Waals surface area contributed by atoms with Crippen molar-refractivity contribution in [1.29, 1.82) is 0 Å². The first-order chi connectivity index (χ1) is 27.1. The summed E-state index contributed by atoms with van der Waals surface area (Å²) in [5.41, 5.74) is 4.00. The molecule has 56 heavy (non-hydrogen) atoms. The number of benzene rings is 4. The summed E-state index contributed by atoms with van der Waals surface area (Å²) >= 11 is 3.42. The number of hydrogen-bond acceptors (Lipinski definition) is 11. The largest absolute Gasteiger partial charge is 0.496 e. The second-order valence-electron chi connectivity index (χ2n) is 14.1. The molecule has 0 atom stereocenters. The molecule has 4 aromatic carbocycles. The lowest BCUT2D eigenvalue weighted by molar-refractivity contribution is 0.0946. The predicted octanol–water partition coefficient (Wildman–Crippen LogP) is 9.20. The van der Waals surface area contributed by atoms with Gasteiger partial charge in [-0.2, -0.15) is 11.8 Å². The van der Waals surface area contributed by atoms with Gasteiger partial charge in [-0.25, -0.2) is 9.78 Å². The van der Waals surface area contributed by atoms with Gasteiger partial charge in [0, 0.05) is 78.7 Å². The monoisotopic (exact) mass is 795 g/mol. The van der Waals surface area contributed by atoms with Gasteiger partial charge in [0.15, 0.2) is 5.75 Å². The van der Waals surface area contributed by atoms with Crippen molar-refractivity contribution in [3.05, 3.63) is 96.2 Å². The molecule has 3 amide bonds. The van der Waals surface area contributed by atoms with Crippen LogP contribution in [-0.2, 0) is 5.41 Å². The number of nitrogens with one attached hydrogen (secondary N) is 5. The number of rotatable bonds is 14. The maximum atomic E-state index is 13.5. The summed E-state index contributed by atoms with van der Waals surface area (Å²) in [6, 6.07) is 23.8. The molecule has 1 aliphatic rings. The molecule has 0 radical (unpaired) electrons. The molecule has 6 rings (SSSR count). The second-order valence-corrected chi connectivity index (χ2v) is 16.0. The molecule has 1 fully saturated rings. The summed E-state index contributed by atoms with van der Waals surface area (Å²) in [6.07, 6.45) is 3.59. The van der Waals surface area contributed by atoms with Crippen LogP contribution in [0.5, 0.6) is 23.0 Å². The number of pyridine rings is 1. The topological polar surface area (TPSA) is 138 Å². The van der Waals surface area contributed by atoms with Crippen LogP contribution in [0, 0.1) is 0 Å². The van der Waals surface area contributed by atoms with E-state index in [1.165, 1.54) is 11.9 Å². The van der Waals surface area contributed by atoms with E-state index >= 15 is 0 Å². The van der Waals surface area contributed by atoms with Gasteiger partial charge in [0.25, 0.3) is 5.91 Å². The second kappa shape index (κ2) is 18.5. The van der Waals surface area contributed by atoms with E-state index in [1.807, 2.05) is 72.6 Å². The Morgan fingerprint density at radius 2 is 1.61 bits per heavy atom. The third-order valence-corrected chi connectivity index (χ3v) is 10.6. The number of methoxy groups -OCH3 is 2. The van der Waals surface area contributed by atoms with E-state index in [0.717, 1.165) is 53.2 Å². The molecular formula is C42H49N7O5S2. The van der Waals surface area contributed by atoms with Gasteiger partial charge in [-0.3, -0.25) is 9.69 Å².